The molecule has 1 atom stereocenters. The summed E-state index contributed by atoms with van der Waals surface area (Å²) in [6.07, 6.45) is 0.678. The number of nitrogens with one attached hydrogen (secondary N) is 1. The monoisotopic (exact) mass is 226 g/mol. The van der Waals surface area contributed by atoms with Crippen molar-refractivity contribution in [2.24, 2.45) is 0 Å². The normalized spacial score (nSPS) is 12.8. The van der Waals surface area contributed by atoms with E-state index in [4.69, 9.17) is 9.63 Å². The van der Waals surface area contributed by atoms with Crippen LogP contribution < -0.4 is 5.32 Å². The molecule has 0 aliphatic carbocycles. The Hall–Kier alpha value is -1.36. The highest BCUT2D eigenvalue weighted by Crippen LogP contribution is 2.14. The van der Waals surface area contributed by atoms with Crippen molar-refractivity contribution in [1.29, 1.82) is 0 Å². The average Bonchev–Trinajstić information content (AvgIpc) is 2.74. The van der Waals surface area contributed by atoms with Gasteiger partial charge in [-0.3, -0.25) is 4.79 Å². The lowest BCUT2D eigenvalue weighted by Crippen LogP contribution is -2.37. The van der Waals surface area contributed by atoms with Crippen molar-refractivity contribution < 1.29 is 14.4 Å². The van der Waals surface area contributed by atoms with Gasteiger partial charge >= 0.3 is 0 Å². The van der Waals surface area contributed by atoms with Crippen molar-refractivity contribution >= 4 is 5.91 Å². The molecule has 1 unspecified atom stereocenters. The summed E-state index contributed by atoms with van der Waals surface area (Å²) in [6.45, 7) is 5.75. The van der Waals surface area contributed by atoms with E-state index in [1.807, 2.05) is 20.8 Å². The van der Waals surface area contributed by atoms with Crippen LogP contribution >= 0.6 is 0 Å². The first kappa shape index (κ1) is 12.7. The van der Waals surface area contributed by atoms with Crippen LogP contribution in [0.5, 0.6) is 0 Å². The molecule has 2 N–H and O–H groups in total. The Bertz CT molecular complexity index is 343. The molecule has 1 amide bonds. The van der Waals surface area contributed by atoms with Gasteiger partial charge in [-0.15, -0.1) is 0 Å². The van der Waals surface area contributed by atoms with Crippen molar-refractivity contribution in [3.05, 3.63) is 17.5 Å². The van der Waals surface area contributed by atoms with E-state index in [1.165, 1.54) is 0 Å². The SMILES string of the molecule is CCC(CO)NC(=O)c1cc(C(C)C)on1. The third-order valence-electron chi connectivity index (χ3n) is 2.38. The van der Waals surface area contributed by atoms with Gasteiger partial charge in [0.05, 0.1) is 12.6 Å². The van der Waals surface area contributed by atoms with Gasteiger partial charge in [0.2, 0.25) is 0 Å². The maximum atomic E-state index is 11.7. The second kappa shape index (κ2) is 5.65. The molecule has 16 heavy (non-hydrogen) atoms. The molecule has 0 aliphatic heterocycles. The zero-order valence-electron chi connectivity index (χ0n) is 9.86. The number of carbonyl (C=O) groups excluding carboxylic acids is 1. The summed E-state index contributed by atoms with van der Waals surface area (Å²) in [5.41, 5.74) is 0.260. The summed E-state index contributed by atoms with van der Waals surface area (Å²) in [5.74, 6) is 0.576. The zero-order chi connectivity index (χ0) is 12.1. The molecule has 90 valence electrons. The van der Waals surface area contributed by atoms with Crippen LogP contribution in [0, 0.1) is 0 Å². The Morgan fingerprint density at radius 2 is 2.31 bits per heavy atom. The van der Waals surface area contributed by atoms with Gasteiger partial charge in [0.1, 0.15) is 5.76 Å². The Morgan fingerprint density at radius 1 is 1.62 bits per heavy atom. The minimum Gasteiger partial charge on any atom is -0.394 e. The van der Waals surface area contributed by atoms with Crippen LogP contribution in [0.4, 0.5) is 0 Å². The lowest BCUT2D eigenvalue weighted by molar-refractivity contribution is 0.0905. The molecule has 0 aromatic carbocycles. The van der Waals surface area contributed by atoms with Crippen molar-refractivity contribution in [1.82, 2.24) is 10.5 Å². The molecular weight excluding hydrogens is 208 g/mol. The van der Waals surface area contributed by atoms with Crippen molar-refractivity contribution in [2.45, 2.75) is 39.2 Å². The fourth-order valence-electron chi connectivity index (χ4n) is 1.20. The fourth-order valence-corrected chi connectivity index (χ4v) is 1.20. The summed E-state index contributed by atoms with van der Waals surface area (Å²) in [4.78, 5) is 11.7. The Kier molecular flexibility index (Phi) is 4.49. The van der Waals surface area contributed by atoms with E-state index in [-0.39, 0.29) is 30.2 Å². The molecule has 1 aromatic heterocycles. The Morgan fingerprint density at radius 3 is 2.75 bits per heavy atom. The maximum absolute atomic E-state index is 11.7. The predicted molar refractivity (Wildman–Crippen MR) is 59.2 cm³/mol. The fraction of sp³-hybridized carbons (Fsp3) is 0.636. The van der Waals surface area contributed by atoms with Crippen LogP contribution in [0.2, 0.25) is 0 Å². The lowest BCUT2D eigenvalue weighted by atomic mass is 10.1. The van der Waals surface area contributed by atoms with Gasteiger partial charge in [-0.1, -0.05) is 25.9 Å². The number of rotatable bonds is 5. The summed E-state index contributed by atoms with van der Waals surface area (Å²) in [7, 11) is 0. The van der Waals surface area contributed by atoms with Crippen LogP contribution in [0.15, 0.2) is 10.6 Å². The van der Waals surface area contributed by atoms with Gasteiger partial charge < -0.3 is 14.9 Å². The molecule has 1 heterocycles. The zero-order valence-corrected chi connectivity index (χ0v) is 9.86. The first-order valence-electron chi connectivity index (χ1n) is 5.46. The van der Waals surface area contributed by atoms with Crippen LogP contribution in [-0.4, -0.2) is 28.8 Å². The Balaban J connectivity index is 2.65. The number of carbonyl (C=O) groups is 1. The van der Waals surface area contributed by atoms with Crippen molar-refractivity contribution in [3.8, 4) is 0 Å². The third-order valence-corrected chi connectivity index (χ3v) is 2.38. The highest BCUT2D eigenvalue weighted by atomic mass is 16.5. The number of hydrogen-bond acceptors (Lipinski definition) is 4. The van der Waals surface area contributed by atoms with Gasteiger partial charge in [0.15, 0.2) is 5.69 Å². The number of hydrogen-bond donors (Lipinski definition) is 2. The van der Waals surface area contributed by atoms with Gasteiger partial charge in [0, 0.05) is 12.0 Å². The van der Waals surface area contributed by atoms with E-state index >= 15 is 0 Å². The number of aliphatic hydroxyl groups is 1. The average molecular weight is 226 g/mol. The van der Waals surface area contributed by atoms with Gasteiger partial charge in [-0.05, 0) is 6.42 Å². The van der Waals surface area contributed by atoms with Gasteiger partial charge in [-0.25, -0.2) is 0 Å². The largest absolute Gasteiger partial charge is 0.394 e. The van der Waals surface area contributed by atoms with Crippen LogP contribution in [-0.2, 0) is 0 Å². The molecule has 1 rings (SSSR count). The quantitative estimate of drug-likeness (QED) is 0.793. The van der Waals surface area contributed by atoms with Crippen LogP contribution in [0.25, 0.3) is 0 Å². The van der Waals surface area contributed by atoms with E-state index in [0.717, 1.165) is 0 Å². The highest BCUT2D eigenvalue weighted by Gasteiger charge is 2.16. The standard InChI is InChI=1S/C11H18N2O3/c1-4-8(6-14)12-11(15)9-5-10(7(2)3)16-13-9/h5,7-8,14H,4,6H2,1-3H3,(H,12,15). The molecule has 5 heteroatoms. The summed E-state index contributed by atoms with van der Waals surface area (Å²) in [5, 5.41) is 15.3. The summed E-state index contributed by atoms with van der Waals surface area (Å²) in [6, 6.07) is 1.40. The summed E-state index contributed by atoms with van der Waals surface area (Å²) >= 11 is 0. The molecule has 0 saturated carbocycles. The first-order chi connectivity index (χ1) is 7.58. The predicted octanol–water partition coefficient (Wildman–Crippen LogP) is 1.30. The van der Waals surface area contributed by atoms with E-state index in [0.29, 0.717) is 12.2 Å². The molecule has 1 aromatic rings. The highest BCUT2D eigenvalue weighted by molar-refractivity contribution is 5.92. The van der Waals surface area contributed by atoms with Crippen molar-refractivity contribution in [3.63, 3.8) is 0 Å². The molecule has 0 saturated heterocycles. The molecule has 0 radical (unpaired) electrons. The van der Waals surface area contributed by atoms with Gasteiger partial charge in [0.25, 0.3) is 5.91 Å². The minimum atomic E-state index is -0.309. The summed E-state index contributed by atoms with van der Waals surface area (Å²) < 4.78 is 5.02. The lowest BCUT2D eigenvalue weighted by Gasteiger charge is -2.12. The molecule has 0 spiro atoms. The number of aromatic nitrogens is 1. The van der Waals surface area contributed by atoms with E-state index in [9.17, 15) is 4.79 Å². The second-order valence-electron chi connectivity index (χ2n) is 4.03. The Labute approximate surface area is 94.8 Å². The van der Waals surface area contributed by atoms with E-state index < -0.39 is 0 Å². The van der Waals surface area contributed by atoms with Crippen molar-refractivity contribution in [2.75, 3.05) is 6.61 Å². The van der Waals surface area contributed by atoms with Crippen LogP contribution in [0.1, 0.15) is 49.4 Å². The van der Waals surface area contributed by atoms with E-state index in [1.54, 1.807) is 6.07 Å². The van der Waals surface area contributed by atoms with Crippen LogP contribution in [0.3, 0.4) is 0 Å². The first-order valence-corrected chi connectivity index (χ1v) is 5.46. The van der Waals surface area contributed by atoms with Gasteiger partial charge in [-0.2, -0.15) is 0 Å². The maximum Gasteiger partial charge on any atom is 0.273 e. The third kappa shape index (κ3) is 3.06. The second-order valence-corrected chi connectivity index (χ2v) is 4.03. The van der Waals surface area contributed by atoms with E-state index in [2.05, 4.69) is 10.5 Å². The molecular formula is C11H18N2O3. The smallest absolute Gasteiger partial charge is 0.273 e. The number of aliphatic hydroxyl groups excluding tert-OH is 1. The number of nitrogens with zero attached hydrogens (tertiary/aromatic N) is 1. The number of amides is 1. The molecule has 5 nitrogen and oxygen atoms in total. The minimum absolute atomic E-state index is 0.0723. The molecule has 0 bridgehead atoms. The topological polar surface area (TPSA) is 75.4 Å². The molecule has 0 fully saturated rings. The molecule has 0 aliphatic rings.